The molecule has 0 radical (unpaired) electrons. The molecule has 1 heterocycles. The van der Waals surface area contributed by atoms with E-state index in [1.54, 1.807) is 26.0 Å². The number of aliphatic hydroxyl groups is 1. The lowest BCUT2D eigenvalue weighted by atomic mass is 10.0. The second-order valence-electron chi connectivity index (χ2n) is 5.62. The number of nitrogens with one attached hydrogen (secondary N) is 2. The Bertz CT molecular complexity index is 650. The lowest BCUT2D eigenvalue weighted by Crippen LogP contribution is -2.39. The Balaban J connectivity index is 1.90. The van der Waals surface area contributed by atoms with Crippen molar-refractivity contribution in [1.82, 2.24) is 10.6 Å². The molecule has 0 aliphatic heterocycles. The molecule has 2 rings (SSSR count). The summed E-state index contributed by atoms with van der Waals surface area (Å²) in [6, 6.07) is 4.65. The zero-order valence-corrected chi connectivity index (χ0v) is 14.2. The average Bonchev–Trinajstić information content (AvgIpc) is 3.04. The lowest BCUT2D eigenvalue weighted by molar-refractivity contribution is 0.173. The van der Waals surface area contributed by atoms with E-state index in [1.807, 2.05) is 23.8 Å². The molecule has 2 atom stereocenters. The fourth-order valence-corrected chi connectivity index (χ4v) is 3.04. The van der Waals surface area contributed by atoms with Crippen LogP contribution in [0.1, 0.15) is 41.3 Å². The molecule has 4 nitrogen and oxygen atoms in total. The van der Waals surface area contributed by atoms with Crippen LogP contribution in [0.5, 0.6) is 0 Å². The first-order valence-electron chi connectivity index (χ1n) is 7.39. The van der Waals surface area contributed by atoms with Crippen molar-refractivity contribution in [2.24, 2.45) is 0 Å². The Kier molecular flexibility index (Phi) is 5.74. The third kappa shape index (κ3) is 4.53. The van der Waals surface area contributed by atoms with Gasteiger partial charge in [-0.3, -0.25) is 0 Å². The molecule has 0 saturated carbocycles. The molecule has 23 heavy (non-hydrogen) atoms. The van der Waals surface area contributed by atoms with Crippen molar-refractivity contribution in [2.45, 2.75) is 32.9 Å². The largest absolute Gasteiger partial charge is 0.387 e. The first-order chi connectivity index (χ1) is 10.9. The highest BCUT2D eigenvalue weighted by Gasteiger charge is 2.14. The van der Waals surface area contributed by atoms with Gasteiger partial charge >= 0.3 is 6.03 Å². The molecule has 0 saturated heterocycles. The number of carbonyl (C=O) groups is 1. The molecule has 0 aliphatic rings. The third-order valence-electron chi connectivity index (χ3n) is 3.69. The molecule has 0 spiro atoms. The highest BCUT2D eigenvalue weighted by atomic mass is 32.1. The summed E-state index contributed by atoms with van der Waals surface area (Å²) in [6.45, 7) is 5.38. The maximum absolute atomic E-state index is 13.7. The van der Waals surface area contributed by atoms with Crippen LogP contribution in [0.25, 0.3) is 0 Å². The maximum Gasteiger partial charge on any atom is 0.315 e. The fourth-order valence-electron chi connectivity index (χ4n) is 2.33. The Morgan fingerprint density at radius 3 is 2.52 bits per heavy atom. The summed E-state index contributed by atoms with van der Waals surface area (Å²) in [5, 5.41) is 19.1. The minimum atomic E-state index is -0.724. The molecule has 2 unspecified atom stereocenters. The Labute approximate surface area is 139 Å². The fraction of sp³-hybridized carbons (Fsp3) is 0.353. The smallest absolute Gasteiger partial charge is 0.315 e. The monoisotopic (exact) mass is 336 g/mol. The summed E-state index contributed by atoms with van der Waals surface area (Å²) < 4.78 is 13.7. The first-order valence-corrected chi connectivity index (χ1v) is 8.34. The standard InChI is InChI=1S/C17H21FN2O2S/c1-10-6-14(7-11(2)16(10)18)12(3)20-17(22)19-8-15(21)13-4-5-23-9-13/h4-7,9,12,15,21H,8H2,1-3H3,(H2,19,20,22). The number of aryl methyl sites for hydroxylation is 2. The molecule has 0 bridgehead atoms. The third-order valence-corrected chi connectivity index (χ3v) is 4.39. The predicted octanol–water partition coefficient (Wildman–Crippen LogP) is 3.60. The van der Waals surface area contributed by atoms with Crippen LogP contribution in [0, 0.1) is 19.7 Å². The average molecular weight is 336 g/mol. The van der Waals surface area contributed by atoms with Crippen molar-refractivity contribution >= 4 is 17.4 Å². The maximum atomic E-state index is 13.7. The Morgan fingerprint density at radius 1 is 1.30 bits per heavy atom. The van der Waals surface area contributed by atoms with E-state index in [-0.39, 0.29) is 24.4 Å². The summed E-state index contributed by atoms with van der Waals surface area (Å²) in [7, 11) is 0. The van der Waals surface area contributed by atoms with E-state index < -0.39 is 6.10 Å². The number of rotatable bonds is 5. The highest BCUT2D eigenvalue weighted by Crippen LogP contribution is 2.20. The molecular weight excluding hydrogens is 315 g/mol. The summed E-state index contributed by atoms with van der Waals surface area (Å²) in [5.41, 5.74) is 2.74. The number of halogens is 1. The number of carbonyl (C=O) groups excluding carboxylic acids is 1. The van der Waals surface area contributed by atoms with E-state index in [9.17, 15) is 14.3 Å². The van der Waals surface area contributed by atoms with E-state index in [4.69, 9.17) is 0 Å². The minimum Gasteiger partial charge on any atom is -0.387 e. The van der Waals surface area contributed by atoms with Gasteiger partial charge < -0.3 is 15.7 Å². The van der Waals surface area contributed by atoms with Gasteiger partial charge in [-0.1, -0.05) is 12.1 Å². The van der Waals surface area contributed by atoms with Gasteiger partial charge in [0.05, 0.1) is 12.1 Å². The molecule has 2 aromatic rings. The molecule has 0 aliphatic carbocycles. The molecular formula is C17H21FN2O2S. The minimum absolute atomic E-state index is 0.136. The van der Waals surface area contributed by atoms with Crippen molar-refractivity contribution in [3.05, 3.63) is 57.0 Å². The molecule has 6 heteroatoms. The number of urea groups is 1. The van der Waals surface area contributed by atoms with Gasteiger partial charge in [-0.2, -0.15) is 11.3 Å². The van der Waals surface area contributed by atoms with Crippen molar-refractivity contribution < 1.29 is 14.3 Å². The normalized spacial score (nSPS) is 13.4. The van der Waals surface area contributed by atoms with Crippen LogP contribution < -0.4 is 10.6 Å². The summed E-state index contributed by atoms with van der Waals surface area (Å²) in [5.74, 6) is -0.218. The predicted molar refractivity (Wildman–Crippen MR) is 90.1 cm³/mol. The van der Waals surface area contributed by atoms with E-state index in [0.717, 1.165) is 11.1 Å². The van der Waals surface area contributed by atoms with Crippen LogP contribution in [-0.2, 0) is 0 Å². The zero-order chi connectivity index (χ0) is 17.0. The van der Waals surface area contributed by atoms with Gasteiger partial charge in [0.1, 0.15) is 5.82 Å². The van der Waals surface area contributed by atoms with E-state index >= 15 is 0 Å². The van der Waals surface area contributed by atoms with E-state index in [0.29, 0.717) is 11.1 Å². The number of hydrogen-bond acceptors (Lipinski definition) is 3. The van der Waals surface area contributed by atoms with Gasteiger partial charge in [0.2, 0.25) is 0 Å². The van der Waals surface area contributed by atoms with Crippen LogP contribution in [-0.4, -0.2) is 17.7 Å². The molecule has 0 fully saturated rings. The van der Waals surface area contributed by atoms with Gasteiger partial charge in [-0.25, -0.2) is 9.18 Å². The van der Waals surface area contributed by atoms with Crippen LogP contribution >= 0.6 is 11.3 Å². The Hall–Kier alpha value is -1.92. The van der Waals surface area contributed by atoms with Gasteiger partial charge in [0, 0.05) is 6.54 Å². The van der Waals surface area contributed by atoms with Crippen molar-refractivity contribution in [1.29, 1.82) is 0 Å². The number of amides is 2. The second kappa shape index (κ2) is 7.57. The number of thiophene rings is 1. The van der Waals surface area contributed by atoms with Crippen molar-refractivity contribution in [3.63, 3.8) is 0 Å². The van der Waals surface area contributed by atoms with Crippen LogP contribution in [0.15, 0.2) is 29.0 Å². The summed E-state index contributed by atoms with van der Waals surface area (Å²) >= 11 is 1.49. The molecule has 3 N–H and O–H groups in total. The first kappa shape index (κ1) is 17.4. The van der Waals surface area contributed by atoms with Crippen LogP contribution in [0.2, 0.25) is 0 Å². The molecule has 1 aromatic heterocycles. The molecule has 124 valence electrons. The van der Waals surface area contributed by atoms with Gasteiger partial charge in [-0.15, -0.1) is 0 Å². The van der Waals surface area contributed by atoms with E-state index in [1.165, 1.54) is 11.3 Å². The van der Waals surface area contributed by atoms with Crippen molar-refractivity contribution in [2.75, 3.05) is 6.54 Å². The van der Waals surface area contributed by atoms with Gasteiger partial charge in [0.25, 0.3) is 0 Å². The summed E-state index contributed by atoms with van der Waals surface area (Å²) in [6.07, 6.45) is -0.724. The van der Waals surface area contributed by atoms with Gasteiger partial charge in [0.15, 0.2) is 0 Å². The lowest BCUT2D eigenvalue weighted by Gasteiger charge is -2.18. The number of benzene rings is 1. The van der Waals surface area contributed by atoms with Crippen LogP contribution in [0.3, 0.4) is 0 Å². The summed E-state index contributed by atoms with van der Waals surface area (Å²) in [4.78, 5) is 11.9. The zero-order valence-electron chi connectivity index (χ0n) is 13.4. The van der Waals surface area contributed by atoms with Crippen LogP contribution in [0.4, 0.5) is 9.18 Å². The highest BCUT2D eigenvalue weighted by molar-refractivity contribution is 7.07. The van der Waals surface area contributed by atoms with E-state index in [2.05, 4.69) is 10.6 Å². The second-order valence-corrected chi connectivity index (χ2v) is 6.40. The SMILES string of the molecule is Cc1cc(C(C)NC(=O)NCC(O)c2ccsc2)cc(C)c1F. The molecule has 2 amide bonds. The molecule has 1 aromatic carbocycles. The Morgan fingerprint density at radius 2 is 1.96 bits per heavy atom. The quantitative estimate of drug-likeness (QED) is 0.781. The van der Waals surface area contributed by atoms with Crippen molar-refractivity contribution in [3.8, 4) is 0 Å². The topological polar surface area (TPSA) is 61.4 Å². The van der Waals surface area contributed by atoms with Gasteiger partial charge in [-0.05, 0) is 59.9 Å². The number of hydrogen-bond donors (Lipinski definition) is 3. The number of aliphatic hydroxyl groups excluding tert-OH is 1.